The summed E-state index contributed by atoms with van der Waals surface area (Å²) in [7, 11) is -4.04. The molecule has 2 aliphatic heterocycles. The number of hydrogen-bond donors (Lipinski definition) is 2. The summed E-state index contributed by atoms with van der Waals surface area (Å²) in [6.45, 7) is 1.28. The van der Waals surface area contributed by atoms with E-state index in [1.807, 2.05) is 0 Å². The van der Waals surface area contributed by atoms with Crippen LogP contribution in [0.1, 0.15) is 45.6 Å². The summed E-state index contributed by atoms with van der Waals surface area (Å²) in [6, 6.07) is 4.98. The summed E-state index contributed by atoms with van der Waals surface area (Å²) in [4.78, 5) is 12.7. The third-order valence-electron chi connectivity index (χ3n) is 5.89. The van der Waals surface area contributed by atoms with E-state index in [4.69, 9.17) is 0 Å². The molecule has 1 aromatic carbocycles. The van der Waals surface area contributed by atoms with Crippen molar-refractivity contribution in [3.63, 3.8) is 0 Å². The lowest BCUT2D eigenvalue weighted by atomic mass is 9.98. The highest BCUT2D eigenvalue weighted by atomic mass is 32.2. The summed E-state index contributed by atoms with van der Waals surface area (Å²) in [5, 5.41) is 7.68. The molecule has 0 saturated carbocycles. The van der Waals surface area contributed by atoms with E-state index in [0.29, 0.717) is 24.1 Å². The second-order valence-corrected chi connectivity index (χ2v) is 10.9. The highest BCUT2D eigenvalue weighted by Crippen LogP contribution is 2.34. The molecule has 32 heavy (non-hydrogen) atoms. The Bertz CT molecular complexity index is 1090. The van der Waals surface area contributed by atoms with Gasteiger partial charge in [-0.2, -0.15) is 17.5 Å². The van der Waals surface area contributed by atoms with E-state index in [0.717, 1.165) is 53.6 Å². The molecule has 0 bridgehead atoms. The first-order valence-electron chi connectivity index (χ1n) is 10.4. The summed E-state index contributed by atoms with van der Waals surface area (Å²) in [5.74, 6) is -0.456. The number of halogens is 3. The topological polar surface area (TPSA) is 78.5 Å². The number of carbonyl (C=O) groups is 1. The predicted octanol–water partition coefficient (Wildman–Crippen LogP) is 3.39. The van der Waals surface area contributed by atoms with Crippen molar-refractivity contribution in [2.24, 2.45) is 0 Å². The first-order valence-corrected chi connectivity index (χ1v) is 12.8. The number of fused-ring (bicyclic) bond motifs is 1. The van der Waals surface area contributed by atoms with Crippen LogP contribution >= 0.6 is 11.3 Å². The number of hydrogen-bond acceptors (Lipinski definition) is 5. The molecule has 0 spiro atoms. The first-order chi connectivity index (χ1) is 15.2. The molecule has 1 fully saturated rings. The van der Waals surface area contributed by atoms with Crippen LogP contribution in [0.15, 0.2) is 34.5 Å². The van der Waals surface area contributed by atoms with Gasteiger partial charge >= 0.3 is 6.18 Å². The fraction of sp³-hybridized carbons (Fsp3) is 0.476. The lowest BCUT2D eigenvalue weighted by Crippen LogP contribution is -2.43. The molecule has 3 heterocycles. The average molecular weight is 488 g/mol. The van der Waals surface area contributed by atoms with Crippen molar-refractivity contribution in [1.82, 2.24) is 14.9 Å². The standard InChI is InChI=1S/C21H24F3N3O3S2/c22-21(23,24)16-5-4-14-6-9-27(13-15(14)11-16)32(29,30)18-7-10-31-19(18)20(28)26-12-17-3-1-2-8-25-17/h4-5,7,10-11,17,25H,1-3,6,8-9,12-13H2,(H,26,28)/t17-/m1/s1. The maximum Gasteiger partial charge on any atom is 0.416 e. The van der Waals surface area contributed by atoms with Gasteiger partial charge in [-0.25, -0.2) is 8.42 Å². The number of alkyl halides is 3. The van der Waals surface area contributed by atoms with Crippen molar-refractivity contribution in [3.8, 4) is 0 Å². The van der Waals surface area contributed by atoms with Crippen LogP contribution in [0.2, 0.25) is 0 Å². The SMILES string of the molecule is O=C(NC[C@H]1CCCCN1)c1sccc1S(=O)(=O)N1CCc2ccc(C(F)(F)F)cc2C1. The molecule has 0 radical (unpaired) electrons. The number of nitrogens with zero attached hydrogens (tertiary/aromatic N) is 1. The molecule has 2 N–H and O–H groups in total. The zero-order valence-electron chi connectivity index (χ0n) is 17.2. The van der Waals surface area contributed by atoms with Crippen molar-refractivity contribution in [2.75, 3.05) is 19.6 Å². The van der Waals surface area contributed by atoms with E-state index in [1.54, 1.807) is 5.38 Å². The molecule has 174 valence electrons. The van der Waals surface area contributed by atoms with Gasteiger partial charge in [-0.1, -0.05) is 12.5 Å². The summed E-state index contributed by atoms with van der Waals surface area (Å²) in [6.07, 6.45) is -1.06. The normalized spacial score (nSPS) is 20.0. The molecular formula is C21H24F3N3O3S2. The highest BCUT2D eigenvalue weighted by molar-refractivity contribution is 7.89. The molecule has 2 aromatic rings. The molecule has 1 atom stereocenters. The predicted molar refractivity (Wildman–Crippen MR) is 115 cm³/mol. The van der Waals surface area contributed by atoms with E-state index in [-0.39, 0.29) is 28.9 Å². The van der Waals surface area contributed by atoms with Crippen LogP contribution in [0.25, 0.3) is 0 Å². The van der Waals surface area contributed by atoms with Gasteiger partial charge in [0.05, 0.1) is 5.56 Å². The van der Waals surface area contributed by atoms with Crippen molar-refractivity contribution >= 4 is 27.3 Å². The van der Waals surface area contributed by atoms with E-state index >= 15 is 0 Å². The molecule has 1 amide bonds. The number of rotatable bonds is 5. The van der Waals surface area contributed by atoms with E-state index in [2.05, 4.69) is 10.6 Å². The number of thiophene rings is 1. The quantitative estimate of drug-likeness (QED) is 0.678. The Morgan fingerprint density at radius 2 is 2.03 bits per heavy atom. The van der Waals surface area contributed by atoms with Crippen molar-refractivity contribution in [3.05, 3.63) is 51.2 Å². The second kappa shape index (κ2) is 9.12. The number of nitrogens with one attached hydrogen (secondary N) is 2. The Balaban J connectivity index is 1.51. The minimum Gasteiger partial charge on any atom is -0.350 e. The summed E-state index contributed by atoms with van der Waals surface area (Å²) in [5.41, 5.74) is 0.231. The molecule has 1 aromatic heterocycles. The number of sulfonamides is 1. The monoisotopic (exact) mass is 487 g/mol. The molecule has 6 nitrogen and oxygen atoms in total. The summed E-state index contributed by atoms with van der Waals surface area (Å²) < 4.78 is 67.0. The van der Waals surface area contributed by atoms with E-state index in [9.17, 15) is 26.4 Å². The minimum atomic E-state index is -4.50. The highest BCUT2D eigenvalue weighted by Gasteiger charge is 2.35. The van der Waals surface area contributed by atoms with Crippen LogP contribution < -0.4 is 10.6 Å². The molecule has 0 aliphatic carbocycles. The van der Waals surface area contributed by atoms with Gasteiger partial charge in [-0.15, -0.1) is 11.3 Å². The maximum atomic E-state index is 13.3. The van der Waals surface area contributed by atoms with E-state index in [1.165, 1.54) is 12.1 Å². The lowest BCUT2D eigenvalue weighted by Gasteiger charge is -2.28. The van der Waals surface area contributed by atoms with Gasteiger partial charge in [0.2, 0.25) is 10.0 Å². The van der Waals surface area contributed by atoms with E-state index < -0.39 is 27.7 Å². The van der Waals surface area contributed by atoms with Gasteiger partial charge in [0.1, 0.15) is 9.77 Å². The minimum absolute atomic E-state index is 0.0932. The third-order valence-corrected chi connectivity index (χ3v) is 8.82. The van der Waals surface area contributed by atoms with Gasteiger partial charge in [0.25, 0.3) is 5.91 Å². The molecule has 2 aliphatic rings. The molecule has 11 heteroatoms. The van der Waals surface area contributed by atoms with Gasteiger partial charge in [0, 0.05) is 25.7 Å². The Labute approximate surface area is 188 Å². The molecule has 1 saturated heterocycles. The van der Waals surface area contributed by atoms with Crippen LogP contribution in [0.3, 0.4) is 0 Å². The van der Waals surface area contributed by atoms with Crippen LogP contribution in [0, 0.1) is 0 Å². The Morgan fingerprint density at radius 1 is 1.22 bits per heavy atom. The van der Waals surface area contributed by atoms with Crippen LogP contribution in [-0.4, -0.2) is 44.3 Å². The van der Waals surface area contributed by atoms with Crippen molar-refractivity contribution in [1.29, 1.82) is 0 Å². The molecular weight excluding hydrogens is 463 g/mol. The largest absolute Gasteiger partial charge is 0.416 e. The van der Waals surface area contributed by atoms with Crippen LogP contribution in [-0.2, 0) is 29.2 Å². The van der Waals surface area contributed by atoms with Gasteiger partial charge < -0.3 is 10.6 Å². The van der Waals surface area contributed by atoms with Crippen molar-refractivity contribution in [2.45, 2.75) is 49.3 Å². The fourth-order valence-electron chi connectivity index (χ4n) is 4.11. The van der Waals surface area contributed by atoms with Gasteiger partial charge in [0.15, 0.2) is 0 Å². The van der Waals surface area contributed by atoms with Gasteiger partial charge in [-0.3, -0.25) is 4.79 Å². The molecule has 4 rings (SSSR count). The first kappa shape index (κ1) is 23.2. The maximum absolute atomic E-state index is 13.3. The van der Waals surface area contributed by atoms with Crippen LogP contribution in [0.5, 0.6) is 0 Å². The smallest absolute Gasteiger partial charge is 0.350 e. The lowest BCUT2D eigenvalue weighted by molar-refractivity contribution is -0.137. The number of piperidine rings is 1. The second-order valence-electron chi connectivity index (χ2n) is 8.04. The number of benzene rings is 1. The number of carbonyl (C=O) groups excluding carboxylic acids is 1. The van der Waals surface area contributed by atoms with Crippen molar-refractivity contribution < 1.29 is 26.4 Å². The summed E-state index contributed by atoms with van der Waals surface area (Å²) >= 11 is 1.04. The number of amides is 1. The fourth-order valence-corrected chi connectivity index (χ4v) is 6.85. The zero-order chi connectivity index (χ0) is 22.9. The Morgan fingerprint density at radius 3 is 2.75 bits per heavy atom. The zero-order valence-corrected chi connectivity index (χ0v) is 18.9. The molecule has 0 unspecified atom stereocenters. The Hall–Kier alpha value is -1.95. The third kappa shape index (κ3) is 4.85. The average Bonchev–Trinajstić information content (AvgIpc) is 3.28. The Kier molecular flexibility index (Phi) is 6.62. The van der Waals surface area contributed by atoms with Gasteiger partial charge in [-0.05, 0) is 60.5 Å². The van der Waals surface area contributed by atoms with Crippen LogP contribution in [0.4, 0.5) is 13.2 Å².